The number of benzene rings is 1. The highest BCUT2D eigenvalue weighted by molar-refractivity contribution is 7.99. The van der Waals surface area contributed by atoms with Gasteiger partial charge in [-0.1, -0.05) is 11.8 Å². The van der Waals surface area contributed by atoms with Crippen molar-refractivity contribution in [3.8, 4) is 17.2 Å². The molecule has 7 heteroatoms. The largest absolute Gasteiger partial charge is 0.494 e. The van der Waals surface area contributed by atoms with Gasteiger partial charge in [0.15, 0.2) is 0 Å². The highest BCUT2D eigenvalue weighted by atomic mass is 32.2. The number of nitrogens with one attached hydrogen (secondary N) is 1. The van der Waals surface area contributed by atoms with Gasteiger partial charge in [0.2, 0.25) is 11.8 Å². The molecule has 0 aliphatic rings. The number of thioether (sulfide) groups is 1. The summed E-state index contributed by atoms with van der Waals surface area (Å²) in [4.78, 5) is 11.4. The van der Waals surface area contributed by atoms with Crippen LogP contribution in [0.3, 0.4) is 0 Å². The third kappa shape index (κ3) is 4.49. The van der Waals surface area contributed by atoms with Crippen LogP contribution < -0.4 is 10.1 Å². The van der Waals surface area contributed by atoms with Gasteiger partial charge in [-0.25, -0.2) is 0 Å². The van der Waals surface area contributed by atoms with E-state index in [2.05, 4.69) is 15.5 Å². The molecular formula is C14H17N3O3S. The van der Waals surface area contributed by atoms with Crippen LogP contribution in [0, 0.1) is 0 Å². The van der Waals surface area contributed by atoms with Crippen molar-refractivity contribution in [2.45, 2.75) is 19.1 Å². The molecule has 0 fully saturated rings. The van der Waals surface area contributed by atoms with Crippen LogP contribution in [0.25, 0.3) is 11.5 Å². The Kier molecular flexibility index (Phi) is 5.62. The summed E-state index contributed by atoms with van der Waals surface area (Å²) >= 11 is 1.22. The van der Waals surface area contributed by atoms with Crippen molar-refractivity contribution in [1.82, 2.24) is 15.5 Å². The Morgan fingerprint density at radius 3 is 2.71 bits per heavy atom. The molecule has 0 radical (unpaired) electrons. The summed E-state index contributed by atoms with van der Waals surface area (Å²) in [5.74, 6) is 1.44. The maximum absolute atomic E-state index is 11.4. The van der Waals surface area contributed by atoms with E-state index in [1.165, 1.54) is 11.8 Å². The molecule has 1 aromatic carbocycles. The monoisotopic (exact) mass is 307 g/mol. The lowest BCUT2D eigenvalue weighted by molar-refractivity contribution is -0.118. The molecule has 1 N–H and O–H groups in total. The van der Waals surface area contributed by atoms with Crippen molar-refractivity contribution in [2.75, 3.05) is 18.9 Å². The van der Waals surface area contributed by atoms with Gasteiger partial charge in [0.05, 0.1) is 12.4 Å². The van der Waals surface area contributed by atoms with Crippen molar-refractivity contribution < 1.29 is 13.9 Å². The number of carbonyl (C=O) groups is 1. The van der Waals surface area contributed by atoms with Crippen molar-refractivity contribution >= 4 is 17.7 Å². The van der Waals surface area contributed by atoms with E-state index in [-0.39, 0.29) is 11.7 Å². The molecule has 2 rings (SSSR count). The Morgan fingerprint density at radius 2 is 2.05 bits per heavy atom. The van der Waals surface area contributed by atoms with Crippen molar-refractivity contribution in [2.24, 2.45) is 0 Å². The van der Waals surface area contributed by atoms with Gasteiger partial charge in [-0.05, 0) is 38.1 Å². The second-order valence-corrected chi connectivity index (χ2v) is 5.00. The Morgan fingerprint density at radius 1 is 1.29 bits per heavy atom. The smallest absolute Gasteiger partial charge is 0.277 e. The molecule has 0 aliphatic heterocycles. The summed E-state index contributed by atoms with van der Waals surface area (Å²) < 4.78 is 10.9. The first-order chi connectivity index (χ1) is 10.2. The predicted octanol–water partition coefficient (Wildman–Crippen LogP) is 2.36. The van der Waals surface area contributed by atoms with Crippen LogP contribution in [0.5, 0.6) is 5.75 Å². The number of amides is 1. The minimum atomic E-state index is -0.0525. The minimum absolute atomic E-state index is 0.0525. The number of hydrogen-bond acceptors (Lipinski definition) is 6. The van der Waals surface area contributed by atoms with Crippen molar-refractivity contribution in [1.29, 1.82) is 0 Å². The SMILES string of the molecule is CCNC(=O)CSc1nnc(-c2ccc(OCC)cc2)o1. The lowest BCUT2D eigenvalue weighted by Crippen LogP contribution is -2.24. The number of carbonyl (C=O) groups excluding carboxylic acids is 1. The second-order valence-electron chi connectivity index (χ2n) is 4.07. The predicted molar refractivity (Wildman–Crippen MR) is 80.3 cm³/mol. The third-order valence-corrected chi connectivity index (χ3v) is 3.34. The molecular weight excluding hydrogens is 290 g/mol. The van der Waals surface area contributed by atoms with Gasteiger partial charge in [0, 0.05) is 12.1 Å². The molecule has 0 atom stereocenters. The van der Waals surface area contributed by atoms with Crippen LogP contribution in [0.4, 0.5) is 0 Å². The molecule has 112 valence electrons. The Labute approximate surface area is 127 Å². The molecule has 0 saturated heterocycles. The van der Waals surface area contributed by atoms with E-state index in [1.54, 1.807) is 0 Å². The zero-order valence-electron chi connectivity index (χ0n) is 12.0. The van der Waals surface area contributed by atoms with Gasteiger partial charge >= 0.3 is 0 Å². The van der Waals surface area contributed by atoms with Gasteiger partial charge < -0.3 is 14.5 Å². The quantitative estimate of drug-likeness (QED) is 0.791. The number of aromatic nitrogens is 2. The van der Waals surface area contributed by atoms with Gasteiger partial charge in [-0.2, -0.15) is 0 Å². The van der Waals surface area contributed by atoms with Crippen LogP contribution >= 0.6 is 11.8 Å². The molecule has 1 aromatic heterocycles. The van der Waals surface area contributed by atoms with E-state index < -0.39 is 0 Å². The molecule has 0 unspecified atom stereocenters. The molecule has 0 aliphatic carbocycles. The van der Waals surface area contributed by atoms with Crippen LogP contribution in [0.2, 0.25) is 0 Å². The number of nitrogens with zero attached hydrogens (tertiary/aromatic N) is 2. The first-order valence-corrected chi connectivity index (χ1v) is 7.67. The fourth-order valence-corrected chi connectivity index (χ4v) is 2.21. The van der Waals surface area contributed by atoms with Crippen molar-refractivity contribution in [3.05, 3.63) is 24.3 Å². The molecule has 1 amide bonds. The summed E-state index contributed by atoms with van der Waals surface area (Å²) in [5, 5.41) is 11.0. The molecule has 21 heavy (non-hydrogen) atoms. The summed E-state index contributed by atoms with van der Waals surface area (Å²) in [7, 11) is 0. The van der Waals surface area contributed by atoms with E-state index in [4.69, 9.17) is 9.15 Å². The average molecular weight is 307 g/mol. The zero-order valence-corrected chi connectivity index (χ0v) is 12.8. The van der Waals surface area contributed by atoms with Crippen LogP contribution in [-0.4, -0.2) is 35.0 Å². The third-order valence-electron chi connectivity index (χ3n) is 2.52. The van der Waals surface area contributed by atoms with Gasteiger partial charge in [-0.15, -0.1) is 10.2 Å². The lowest BCUT2D eigenvalue weighted by atomic mass is 10.2. The number of hydrogen-bond donors (Lipinski definition) is 1. The zero-order chi connectivity index (χ0) is 15.1. The number of ether oxygens (including phenoxy) is 1. The van der Waals surface area contributed by atoms with Crippen molar-refractivity contribution in [3.63, 3.8) is 0 Å². The van der Waals surface area contributed by atoms with Crippen LogP contribution in [0.1, 0.15) is 13.8 Å². The van der Waals surface area contributed by atoms with Crippen LogP contribution in [0.15, 0.2) is 33.9 Å². The summed E-state index contributed by atoms with van der Waals surface area (Å²) in [6.07, 6.45) is 0. The van der Waals surface area contributed by atoms with E-state index in [1.807, 2.05) is 38.1 Å². The highest BCUT2D eigenvalue weighted by Crippen LogP contribution is 2.24. The number of rotatable bonds is 7. The fourth-order valence-electron chi connectivity index (χ4n) is 1.62. The first kappa shape index (κ1) is 15.4. The van der Waals surface area contributed by atoms with E-state index >= 15 is 0 Å². The van der Waals surface area contributed by atoms with E-state index in [9.17, 15) is 4.79 Å². The Balaban J connectivity index is 1.97. The Bertz CT molecular complexity index is 583. The molecule has 0 bridgehead atoms. The molecule has 0 saturated carbocycles. The highest BCUT2D eigenvalue weighted by Gasteiger charge is 2.11. The maximum atomic E-state index is 11.4. The topological polar surface area (TPSA) is 77.2 Å². The first-order valence-electron chi connectivity index (χ1n) is 6.69. The lowest BCUT2D eigenvalue weighted by Gasteiger charge is -2.02. The molecule has 2 aromatic rings. The molecule has 1 heterocycles. The van der Waals surface area contributed by atoms with Crippen LogP contribution in [-0.2, 0) is 4.79 Å². The van der Waals surface area contributed by atoms with Gasteiger partial charge in [-0.3, -0.25) is 4.79 Å². The summed E-state index contributed by atoms with van der Waals surface area (Å²) in [6.45, 7) is 5.05. The summed E-state index contributed by atoms with van der Waals surface area (Å²) in [5.41, 5.74) is 0.816. The van der Waals surface area contributed by atoms with Gasteiger partial charge in [0.1, 0.15) is 5.75 Å². The van der Waals surface area contributed by atoms with E-state index in [0.29, 0.717) is 24.3 Å². The minimum Gasteiger partial charge on any atom is -0.494 e. The second kappa shape index (κ2) is 7.68. The normalized spacial score (nSPS) is 10.4. The maximum Gasteiger partial charge on any atom is 0.277 e. The Hall–Kier alpha value is -2.02. The average Bonchev–Trinajstić information content (AvgIpc) is 2.95. The molecule has 6 nitrogen and oxygen atoms in total. The van der Waals surface area contributed by atoms with Gasteiger partial charge in [0.25, 0.3) is 5.22 Å². The summed E-state index contributed by atoms with van der Waals surface area (Å²) in [6, 6.07) is 7.42. The van der Waals surface area contributed by atoms with E-state index in [0.717, 1.165) is 11.3 Å². The standard InChI is InChI=1S/C14H17N3O3S/c1-3-15-12(18)9-21-14-17-16-13(20-14)10-5-7-11(8-6-10)19-4-2/h5-8H,3-4,9H2,1-2H3,(H,15,18). The molecule has 0 spiro atoms. The fraction of sp³-hybridized carbons (Fsp3) is 0.357.